The summed E-state index contributed by atoms with van der Waals surface area (Å²) in [6, 6.07) is 14.6. The third kappa shape index (κ3) is 4.44. The first-order chi connectivity index (χ1) is 15.4. The molecule has 0 radical (unpaired) electrons. The van der Waals surface area contributed by atoms with Gasteiger partial charge >= 0.3 is 0 Å². The van der Waals surface area contributed by atoms with Crippen molar-refractivity contribution in [2.45, 2.75) is 6.54 Å². The number of halogens is 3. The lowest BCUT2D eigenvalue weighted by atomic mass is 10.2. The molecule has 0 aliphatic carbocycles. The molecule has 0 aliphatic heterocycles. The maximum absolute atomic E-state index is 15.1. The SMILES string of the molecule is COc1cccc2[nH]c(C(=O)NCc3ccc(Cl)c(Oc4cc(N)cc(Cl)c4)c3F)cc12. The quantitative estimate of drug-likeness (QED) is 0.303. The second-order valence-electron chi connectivity index (χ2n) is 6.96. The lowest BCUT2D eigenvalue weighted by molar-refractivity contribution is 0.0946. The summed E-state index contributed by atoms with van der Waals surface area (Å²) in [6.07, 6.45) is 0. The van der Waals surface area contributed by atoms with Gasteiger partial charge in [-0.05, 0) is 36.4 Å². The fourth-order valence-corrected chi connectivity index (χ4v) is 3.68. The number of rotatable bonds is 6. The highest BCUT2D eigenvalue weighted by Gasteiger charge is 2.17. The molecule has 164 valence electrons. The summed E-state index contributed by atoms with van der Waals surface area (Å²) in [5.41, 5.74) is 7.39. The van der Waals surface area contributed by atoms with E-state index in [1.807, 2.05) is 12.1 Å². The standard InChI is InChI=1S/C23H18Cl2FN3O3/c1-31-20-4-2-3-18-16(20)10-19(29-18)23(30)28-11-12-5-6-17(25)22(21(12)26)32-15-8-13(24)7-14(27)9-15/h2-10,29H,11,27H2,1H3,(H,28,30). The van der Waals surface area contributed by atoms with Gasteiger partial charge in [-0.15, -0.1) is 0 Å². The molecule has 1 heterocycles. The molecule has 0 bridgehead atoms. The Hall–Kier alpha value is -3.42. The number of amides is 1. The number of nitrogens with two attached hydrogens (primary N) is 1. The number of fused-ring (bicyclic) bond motifs is 1. The van der Waals surface area contributed by atoms with Crippen molar-refractivity contribution < 1.29 is 18.7 Å². The Morgan fingerprint density at radius 1 is 1.16 bits per heavy atom. The van der Waals surface area contributed by atoms with Crippen LogP contribution in [0.15, 0.2) is 54.6 Å². The fourth-order valence-electron chi connectivity index (χ4n) is 3.26. The van der Waals surface area contributed by atoms with E-state index in [9.17, 15) is 4.79 Å². The van der Waals surface area contributed by atoms with E-state index in [0.29, 0.717) is 22.2 Å². The number of nitrogen functional groups attached to an aromatic ring is 1. The largest absolute Gasteiger partial charge is 0.496 e. The second kappa shape index (κ2) is 8.98. The lowest BCUT2D eigenvalue weighted by Crippen LogP contribution is -2.23. The van der Waals surface area contributed by atoms with Gasteiger partial charge < -0.3 is 25.5 Å². The van der Waals surface area contributed by atoms with Crippen LogP contribution in [0.3, 0.4) is 0 Å². The third-order valence-electron chi connectivity index (χ3n) is 4.77. The van der Waals surface area contributed by atoms with Crippen molar-refractivity contribution in [3.8, 4) is 17.2 Å². The van der Waals surface area contributed by atoms with Gasteiger partial charge in [0.15, 0.2) is 11.6 Å². The maximum atomic E-state index is 15.1. The van der Waals surface area contributed by atoms with E-state index in [-0.39, 0.29) is 28.6 Å². The normalized spacial score (nSPS) is 10.9. The third-order valence-corrected chi connectivity index (χ3v) is 5.29. The van der Waals surface area contributed by atoms with Crippen LogP contribution in [0, 0.1) is 5.82 Å². The highest BCUT2D eigenvalue weighted by atomic mass is 35.5. The number of methoxy groups -OCH3 is 1. The van der Waals surface area contributed by atoms with E-state index in [2.05, 4.69) is 10.3 Å². The van der Waals surface area contributed by atoms with Crippen molar-refractivity contribution in [1.29, 1.82) is 0 Å². The Morgan fingerprint density at radius 2 is 1.97 bits per heavy atom. The zero-order valence-electron chi connectivity index (χ0n) is 16.8. The maximum Gasteiger partial charge on any atom is 0.268 e. The molecule has 4 aromatic rings. The van der Waals surface area contributed by atoms with E-state index < -0.39 is 11.7 Å². The van der Waals surface area contributed by atoms with Gasteiger partial charge in [-0.25, -0.2) is 4.39 Å². The summed E-state index contributed by atoms with van der Waals surface area (Å²) in [4.78, 5) is 15.7. The van der Waals surface area contributed by atoms with Crippen molar-refractivity contribution in [2.24, 2.45) is 0 Å². The lowest BCUT2D eigenvalue weighted by Gasteiger charge is -2.13. The molecular formula is C23H18Cl2FN3O3. The Balaban J connectivity index is 1.53. The molecule has 1 aromatic heterocycles. The predicted octanol–water partition coefficient (Wildman–Crippen LogP) is 5.93. The van der Waals surface area contributed by atoms with Crippen molar-refractivity contribution in [2.75, 3.05) is 12.8 Å². The van der Waals surface area contributed by atoms with E-state index in [0.717, 1.165) is 10.9 Å². The average molecular weight is 474 g/mol. The Kier molecular flexibility index (Phi) is 6.12. The zero-order chi connectivity index (χ0) is 22.8. The van der Waals surface area contributed by atoms with Crippen LogP contribution in [-0.2, 0) is 6.54 Å². The molecule has 3 aromatic carbocycles. The first-order valence-corrected chi connectivity index (χ1v) is 10.3. The van der Waals surface area contributed by atoms with E-state index in [4.69, 9.17) is 38.4 Å². The topological polar surface area (TPSA) is 89.4 Å². The molecule has 0 aliphatic rings. The molecule has 9 heteroatoms. The summed E-state index contributed by atoms with van der Waals surface area (Å²) in [5, 5.41) is 3.88. The summed E-state index contributed by atoms with van der Waals surface area (Å²) in [5.74, 6) is -0.401. The number of hydrogen-bond acceptors (Lipinski definition) is 4. The van der Waals surface area contributed by atoms with Crippen LogP contribution in [0.4, 0.5) is 10.1 Å². The Labute approximate surface area is 193 Å². The molecule has 0 spiro atoms. The minimum atomic E-state index is -0.699. The minimum absolute atomic E-state index is 0.0684. The number of benzene rings is 3. The molecule has 1 amide bonds. The number of nitrogens with one attached hydrogen (secondary N) is 2. The summed E-state index contributed by atoms with van der Waals surface area (Å²) >= 11 is 12.1. The van der Waals surface area contributed by atoms with Crippen LogP contribution >= 0.6 is 23.2 Å². The Bertz CT molecular complexity index is 1300. The van der Waals surface area contributed by atoms with E-state index >= 15 is 4.39 Å². The minimum Gasteiger partial charge on any atom is -0.496 e. The summed E-state index contributed by atoms with van der Waals surface area (Å²) in [7, 11) is 1.56. The molecule has 6 nitrogen and oxygen atoms in total. The van der Waals surface area contributed by atoms with Gasteiger partial charge in [0.2, 0.25) is 0 Å². The smallest absolute Gasteiger partial charge is 0.268 e. The number of aromatic amines is 1. The van der Waals surface area contributed by atoms with Gasteiger partial charge in [0, 0.05) is 39.8 Å². The fraction of sp³-hybridized carbons (Fsp3) is 0.0870. The van der Waals surface area contributed by atoms with Crippen LogP contribution in [0.5, 0.6) is 17.2 Å². The molecule has 0 atom stereocenters. The zero-order valence-corrected chi connectivity index (χ0v) is 18.4. The van der Waals surface area contributed by atoms with Crippen LogP contribution in [-0.4, -0.2) is 18.0 Å². The van der Waals surface area contributed by atoms with Gasteiger partial charge in [0.1, 0.15) is 17.2 Å². The number of hydrogen-bond donors (Lipinski definition) is 3. The molecular weight excluding hydrogens is 456 g/mol. The van der Waals surface area contributed by atoms with Gasteiger partial charge in [-0.3, -0.25) is 4.79 Å². The first kappa shape index (κ1) is 21.8. The average Bonchev–Trinajstić information content (AvgIpc) is 3.20. The number of aromatic nitrogens is 1. The van der Waals surface area contributed by atoms with E-state index in [1.54, 1.807) is 19.2 Å². The molecule has 0 fully saturated rings. The highest BCUT2D eigenvalue weighted by molar-refractivity contribution is 6.32. The van der Waals surface area contributed by atoms with Gasteiger partial charge in [0.05, 0.1) is 12.1 Å². The highest BCUT2D eigenvalue weighted by Crippen LogP contribution is 2.35. The monoisotopic (exact) mass is 473 g/mol. The predicted molar refractivity (Wildman–Crippen MR) is 123 cm³/mol. The van der Waals surface area contributed by atoms with Crippen molar-refractivity contribution in [1.82, 2.24) is 10.3 Å². The summed E-state index contributed by atoms with van der Waals surface area (Å²) < 4.78 is 26.0. The molecule has 0 saturated heterocycles. The Morgan fingerprint density at radius 3 is 2.72 bits per heavy atom. The van der Waals surface area contributed by atoms with Crippen molar-refractivity contribution in [3.05, 3.63) is 81.7 Å². The van der Waals surface area contributed by atoms with Gasteiger partial charge in [-0.2, -0.15) is 0 Å². The van der Waals surface area contributed by atoms with Gasteiger partial charge in [-0.1, -0.05) is 35.3 Å². The van der Waals surface area contributed by atoms with Crippen LogP contribution in [0.25, 0.3) is 10.9 Å². The van der Waals surface area contributed by atoms with Crippen LogP contribution in [0.1, 0.15) is 16.1 Å². The van der Waals surface area contributed by atoms with E-state index in [1.165, 1.54) is 30.3 Å². The number of ether oxygens (including phenoxy) is 2. The molecule has 0 unspecified atom stereocenters. The number of carbonyl (C=O) groups is 1. The number of anilines is 1. The molecule has 4 N–H and O–H groups in total. The van der Waals surface area contributed by atoms with Crippen LogP contribution in [0.2, 0.25) is 10.0 Å². The second-order valence-corrected chi connectivity index (χ2v) is 7.80. The number of carbonyl (C=O) groups excluding carboxylic acids is 1. The molecule has 0 saturated carbocycles. The molecule has 4 rings (SSSR count). The number of H-pyrrole nitrogens is 1. The van der Waals surface area contributed by atoms with Gasteiger partial charge in [0.25, 0.3) is 5.91 Å². The van der Waals surface area contributed by atoms with Crippen LogP contribution < -0.4 is 20.5 Å². The van der Waals surface area contributed by atoms with Crippen molar-refractivity contribution >= 4 is 45.7 Å². The summed E-state index contributed by atoms with van der Waals surface area (Å²) in [6.45, 7) is -0.0810. The van der Waals surface area contributed by atoms with Crippen molar-refractivity contribution in [3.63, 3.8) is 0 Å². The first-order valence-electron chi connectivity index (χ1n) is 9.50. The molecule has 32 heavy (non-hydrogen) atoms.